The monoisotopic (exact) mass is 400 g/mol. The highest BCUT2D eigenvalue weighted by atomic mass is 19.3. The Bertz CT molecular complexity index is 889. The van der Waals surface area contributed by atoms with Crippen LogP contribution < -0.4 is 10.1 Å². The maximum absolute atomic E-state index is 13.6. The number of rotatable bonds is 7. The van der Waals surface area contributed by atoms with Crippen LogP contribution in [0.3, 0.4) is 0 Å². The molecule has 1 aromatic carbocycles. The second-order valence-electron chi connectivity index (χ2n) is 8.21. The van der Waals surface area contributed by atoms with E-state index in [4.69, 9.17) is 9.72 Å². The zero-order valence-electron chi connectivity index (χ0n) is 16.8. The zero-order valence-corrected chi connectivity index (χ0v) is 16.8. The molecule has 2 aliphatic rings. The van der Waals surface area contributed by atoms with Crippen molar-refractivity contribution in [3.63, 3.8) is 0 Å². The third-order valence-electron chi connectivity index (χ3n) is 5.90. The van der Waals surface area contributed by atoms with Gasteiger partial charge in [-0.05, 0) is 43.2 Å². The second-order valence-corrected chi connectivity index (χ2v) is 8.21. The van der Waals surface area contributed by atoms with Gasteiger partial charge in [-0.3, -0.25) is 4.79 Å². The molecule has 0 bridgehead atoms. The Morgan fingerprint density at radius 2 is 1.90 bits per heavy atom. The van der Waals surface area contributed by atoms with Crippen LogP contribution in [0.4, 0.5) is 8.78 Å². The van der Waals surface area contributed by atoms with Crippen LogP contribution >= 0.6 is 0 Å². The van der Waals surface area contributed by atoms with E-state index in [1.165, 1.54) is 12.1 Å². The predicted octanol–water partition coefficient (Wildman–Crippen LogP) is 4.88. The lowest BCUT2D eigenvalue weighted by molar-refractivity contribution is -0.119. The van der Waals surface area contributed by atoms with Crippen LogP contribution in [0.25, 0.3) is 0 Å². The van der Waals surface area contributed by atoms with Crippen molar-refractivity contribution >= 4 is 5.91 Å². The number of aromatic nitrogens is 1. The maximum atomic E-state index is 13.6. The molecule has 1 aliphatic carbocycles. The Hall–Kier alpha value is -2.50. The van der Waals surface area contributed by atoms with Gasteiger partial charge in [0.2, 0.25) is 11.8 Å². The van der Waals surface area contributed by atoms with Gasteiger partial charge in [-0.15, -0.1) is 0 Å². The van der Waals surface area contributed by atoms with Gasteiger partial charge in [0.1, 0.15) is 0 Å². The molecule has 4 rings (SSSR count). The Morgan fingerprint density at radius 3 is 2.45 bits per heavy atom. The number of pyridine rings is 1. The van der Waals surface area contributed by atoms with Crippen molar-refractivity contribution in [2.24, 2.45) is 0 Å². The minimum Gasteiger partial charge on any atom is -0.481 e. The zero-order chi connectivity index (χ0) is 20.6. The first-order chi connectivity index (χ1) is 13.8. The number of methoxy groups -OCH3 is 1. The van der Waals surface area contributed by atoms with Crippen molar-refractivity contribution in [2.45, 2.75) is 62.8 Å². The van der Waals surface area contributed by atoms with E-state index in [0.717, 1.165) is 43.0 Å². The molecule has 2 aromatic rings. The molecule has 1 saturated carbocycles. The molecule has 29 heavy (non-hydrogen) atoms. The normalized spacial score (nSPS) is 20.4. The molecule has 154 valence electrons. The molecule has 4 nitrogen and oxygen atoms in total. The molecule has 1 amide bonds. The largest absolute Gasteiger partial charge is 0.481 e. The number of nitrogens with one attached hydrogen (secondary N) is 1. The summed E-state index contributed by atoms with van der Waals surface area (Å²) >= 11 is 0. The van der Waals surface area contributed by atoms with Gasteiger partial charge in [0.25, 0.3) is 5.92 Å². The topological polar surface area (TPSA) is 51.2 Å². The molecule has 0 unspecified atom stereocenters. The van der Waals surface area contributed by atoms with E-state index in [0.29, 0.717) is 24.6 Å². The SMILES string of the molecule is COc1nc([C@H](C[C@H]2CCC(=O)N2)c2ccc(C(C)(F)F)cc2)ccc1C1CC1. The van der Waals surface area contributed by atoms with Crippen molar-refractivity contribution in [3.8, 4) is 5.88 Å². The van der Waals surface area contributed by atoms with E-state index in [9.17, 15) is 13.6 Å². The third-order valence-corrected chi connectivity index (χ3v) is 5.90. The quantitative estimate of drug-likeness (QED) is 0.721. The number of amides is 1. The molecule has 2 fully saturated rings. The summed E-state index contributed by atoms with van der Waals surface area (Å²) < 4.78 is 32.8. The Morgan fingerprint density at radius 1 is 1.17 bits per heavy atom. The van der Waals surface area contributed by atoms with Crippen molar-refractivity contribution in [1.29, 1.82) is 0 Å². The molecule has 2 atom stereocenters. The van der Waals surface area contributed by atoms with E-state index >= 15 is 0 Å². The number of carbonyl (C=O) groups excluding carboxylic acids is 1. The van der Waals surface area contributed by atoms with E-state index in [1.54, 1.807) is 19.2 Å². The number of benzene rings is 1. The van der Waals surface area contributed by atoms with Crippen LogP contribution in [0, 0.1) is 0 Å². The highest BCUT2D eigenvalue weighted by Gasteiger charge is 2.31. The summed E-state index contributed by atoms with van der Waals surface area (Å²) in [5.41, 5.74) is 2.87. The summed E-state index contributed by atoms with van der Waals surface area (Å²) in [7, 11) is 1.63. The fourth-order valence-electron chi connectivity index (χ4n) is 4.10. The van der Waals surface area contributed by atoms with Gasteiger partial charge >= 0.3 is 0 Å². The number of alkyl halides is 2. The minimum absolute atomic E-state index is 0.0104. The first kappa shape index (κ1) is 19.8. The highest BCUT2D eigenvalue weighted by molar-refractivity contribution is 5.78. The summed E-state index contributed by atoms with van der Waals surface area (Å²) in [6.07, 6.45) is 4.28. The van der Waals surface area contributed by atoms with Crippen molar-refractivity contribution in [2.75, 3.05) is 7.11 Å². The molecular formula is C23H26F2N2O2. The molecule has 1 aromatic heterocycles. The smallest absolute Gasteiger partial charge is 0.270 e. The van der Waals surface area contributed by atoms with Crippen molar-refractivity contribution < 1.29 is 18.3 Å². The van der Waals surface area contributed by atoms with Crippen LogP contribution in [0.1, 0.15) is 73.2 Å². The van der Waals surface area contributed by atoms with Crippen molar-refractivity contribution in [1.82, 2.24) is 10.3 Å². The standard InChI is InChI=1S/C23H26F2N2O2/c1-23(24,25)16-7-5-15(6-8-16)19(13-17-9-12-21(28)26-17)20-11-10-18(14-3-4-14)22(27-20)29-2/h5-8,10-11,14,17,19H,3-4,9,12-13H2,1-2H3,(H,26,28)/t17-,19-/m1/s1. The van der Waals surface area contributed by atoms with Crippen LogP contribution in [0.2, 0.25) is 0 Å². The molecular weight excluding hydrogens is 374 g/mol. The Labute approximate surface area is 169 Å². The average Bonchev–Trinajstić information content (AvgIpc) is 3.46. The number of halogens is 2. The van der Waals surface area contributed by atoms with Crippen LogP contribution in [0.5, 0.6) is 5.88 Å². The third kappa shape index (κ3) is 4.41. The number of ether oxygens (including phenoxy) is 1. The Balaban J connectivity index is 1.67. The van der Waals surface area contributed by atoms with E-state index < -0.39 is 5.92 Å². The molecule has 0 radical (unpaired) electrons. The maximum Gasteiger partial charge on any atom is 0.270 e. The first-order valence-electron chi connectivity index (χ1n) is 10.2. The molecule has 1 aliphatic heterocycles. The van der Waals surface area contributed by atoms with Crippen LogP contribution in [-0.4, -0.2) is 24.0 Å². The van der Waals surface area contributed by atoms with Gasteiger partial charge in [-0.2, -0.15) is 0 Å². The highest BCUT2D eigenvalue weighted by Crippen LogP contribution is 2.44. The van der Waals surface area contributed by atoms with Gasteiger partial charge in [-0.25, -0.2) is 13.8 Å². The number of carbonyl (C=O) groups is 1. The predicted molar refractivity (Wildman–Crippen MR) is 106 cm³/mol. The number of hydrogen-bond donors (Lipinski definition) is 1. The fraction of sp³-hybridized carbons (Fsp3) is 0.478. The lowest BCUT2D eigenvalue weighted by Gasteiger charge is -2.23. The van der Waals surface area contributed by atoms with E-state index in [2.05, 4.69) is 11.4 Å². The lowest BCUT2D eigenvalue weighted by Crippen LogP contribution is -2.27. The van der Waals surface area contributed by atoms with Crippen LogP contribution in [0.15, 0.2) is 36.4 Å². The van der Waals surface area contributed by atoms with E-state index in [-0.39, 0.29) is 23.4 Å². The van der Waals surface area contributed by atoms with Crippen LogP contribution in [-0.2, 0) is 10.7 Å². The number of nitrogens with zero attached hydrogens (tertiary/aromatic N) is 1. The summed E-state index contributed by atoms with van der Waals surface area (Å²) in [6.45, 7) is 0.899. The summed E-state index contributed by atoms with van der Waals surface area (Å²) in [4.78, 5) is 16.4. The first-order valence-corrected chi connectivity index (χ1v) is 10.2. The summed E-state index contributed by atoms with van der Waals surface area (Å²) in [6, 6.07) is 10.6. The minimum atomic E-state index is -2.87. The van der Waals surface area contributed by atoms with Gasteiger partial charge in [0, 0.05) is 36.4 Å². The number of hydrogen-bond acceptors (Lipinski definition) is 3. The molecule has 0 spiro atoms. The van der Waals surface area contributed by atoms with Gasteiger partial charge in [0.15, 0.2) is 0 Å². The molecule has 1 saturated heterocycles. The fourth-order valence-corrected chi connectivity index (χ4v) is 4.10. The summed E-state index contributed by atoms with van der Waals surface area (Å²) in [5, 5.41) is 3.01. The van der Waals surface area contributed by atoms with Gasteiger partial charge < -0.3 is 10.1 Å². The van der Waals surface area contributed by atoms with Gasteiger partial charge in [-0.1, -0.05) is 30.3 Å². The molecule has 1 N–H and O–H groups in total. The summed E-state index contributed by atoms with van der Waals surface area (Å²) in [5.74, 6) is -1.77. The van der Waals surface area contributed by atoms with E-state index in [1.807, 2.05) is 6.07 Å². The average molecular weight is 400 g/mol. The lowest BCUT2D eigenvalue weighted by atomic mass is 9.87. The molecule has 6 heteroatoms. The van der Waals surface area contributed by atoms with Gasteiger partial charge in [0.05, 0.1) is 12.8 Å². The Kier molecular flexibility index (Phi) is 5.28. The molecule has 2 heterocycles. The van der Waals surface area contributed by atoms with Crippen molar-refractivity contribution in [3.05, 3.63) is 58.8 Å². The second kappa shape index (κ2) is 7.73.